The van der Waals surface area contributed by atoms with Crippen molar-refractivity contribution < 1.29 is 33.9 Å². The van der Waals surface area contributed by atoms with Gasteiger partial charge in [0.2, 0.25) is 29.5 Å². The minimum atomic E-state index is -1.25. The number of carboxylic acids is 1. The number of aromatic amines is 1. The van der Waals surface area contributed by atoms with Crippen molar-refractivity contribution in [2.45, 2.75) is 31.8 Å². The standard InChI is InChI=1S/C19H29N7O7S/c1-11(27)21-7-15(28)25-13(3-4-34-2)18(32)22-8-16(29)26-14(5-12-6-20-10-24-12)19(33)23-9-17(30)31/h6,10,13-14H,3-5,7-9H2,1-2H3,(H,20,24)(H,21,27)(H,22,32)(H,23,33)(H,25,28)(H,26,29)(H,30,31)/t13-,14-/m0/s1. The summed E-state index contributed by atoms with van der Waals surface area (Å²) >= 11 is 1.46. The lowest BCUT2D eigenvalue weighted by atomic mass is 10.1. The van der Waals surface area contributed by atoms with Crippen molar-refractivity contribution in [3.8, 4) is 0 Å². The van der Waals surface area contributed by atoms with Crippen molar-refractivity contribution in [1.29, 1.82) is 0 Å². The highest BCUT2D eigenvalue weighted by Gasteiger charge is 2.24. The van der Waals surface area contributed by atoms with Crippen molar-refractivity contribution in [1.82, 2.24) is 36.6 Å². The summed E-state index contributed by atoms with van der Waals surface area (Å²) < 4.78 is 0. The summed E-state index contributed by atoms with van der Waals surface area (Å²) in [5.74, 6) is -3.67. The Labute approximate surface area is 199 Å². The van der Waals surface area contributed by atoms with Crippen LogP contribution in [0.25, 0.3) is 0 Å². The van der Waals surface area contributed by atoms with Crippen LogP contribution in [-0.2, 0) is 35.2 Å². The summed E-state index contributed by atoms with van der Waals surface area (Å²) in [6.07, 6.45) is 4.97. The maximum Gasteiger partial charge on any atom is 0.322 e. The highest BCUT2D eigenvalue weighted by molar-refractivity contribution is 7.98. The average Bonchev–Trinajstić information content (AvgIpc) is 3.29. The van der Waals surface area contributed by atoms with Crippen LogP contribution in [0.15, 0.2) is 12.5 Å². The summed E-state index contributed by atoms with van der Waals surface area (Å²) in [4.78, 5) is 77.4. The Bertz CT molecular complexity index is 863. The molecule has 0 radical (unpaired) electrons. The first-order valence-corrected chi connectivity index (χ1v) is 11.6. The lowest BCUT2D eigenvalue weighted by molar-refractivity contribution is -0.138. The number of rotatable bonds is 15. The summed E-state index contributed by atoms with van der Waals surface area (Å²) in [7, 11) is 0. The third-order valence-corrected chi connectivity index (χ3v) is 4.87. The van der Waals surface area contributed by atoms with Gasteiger partial charge in [-0.05, 0) is 18.4 Å². The largest absolute Gasteiger partial charge is 0.480 e. The van der Waals surface area contributed by atoms with Crippen LogP contribution in [0.5, 0.6) is 0 Å². The van der Waals surface area contributed by atoms with Gasteiger partial charge >= 0.3 is 5.97 Å². The van der Waals surface area contributed by atoms with Crippen molar-refractivity contribution in [2.24, 2.45) is 0 Å². The van der Waals surface area contributed by atoms with E-state index in [0.717, 1.165) is 0 Å². The molecule has 0 aromatic carbocycles. The average molecular weight is 500 g/mol. The molecule has 0 saturated carbocycles. The Kier molecular flexibility index (Phi) is 12.8. The number of aromatic nitrogens is 2. The van der Waals surface area contributed by atoms with Gasteiger partial charge in [0.15, 0.2) is 0 Å². The molecule has 0 spiro atoms. The molecule has 5 amide bonds. The first-order valence-electron chi connectivity index (χ1n) is 10.2. The topological polar surface area (TPSA) is 211 Å². The number of hydrogen-bond donors (Lipinski definition) is 7. The Morgan fingerprint density at radius 1 is 0.971 bits per heavy atom. The second kappa shape index (κ2) is 15.3. The highest BCUT2D eigenvalue weighted by Crippen LogP contribution is 2.02. The van der Waals surface area contributed by atoms with Gasteiger partial charge in [-0.1, -0.05) is 0 Å². The van der Waals surface area contributed by atoms with Crippen LogP contribution in [0.1, 0.15) is 19.0 Å². The minimum absolute atomic E-state index is 0.0146. The summed E-state index contributed by atoms with van der Waals surface area (Å²) in [6, 6.07) is -2.05. The molecule has 0 aliphatic rings. The van der Waals surface area contributed by atoms with Crippen LogP contribution in [0.3, 0.4) is 0 Å². The third kappa shape index (κ3) is 11.8. The smallest absolute Gasteiger partial charge is 0.322 e. The maximum atomic E-state index is 12.5. The zero-order chi connectivity index (χ0) is 25.5. The van der Waals surface area contributed by atoms with Gasteiger partial charge < -0.3 is 36.7 Å². The zero-order valence-electron chi connectivity index (χ0n) is 18.8. The molecule has 0 aliphatic carbocycles. The maximum absolute atomic E-state index is 12.5. The monoisotopic (exact) mass is 499 g/mol. The van der Waals surface area contributed by atoms with Gasteiger partial charge in [-0.3, -0.25) is 28.8 Å². The van der Waals surface area contributed by atoms with Crippen molar-refractivity contribution in [3.05, 3.63) is 18.2 Å². The van der Waals surface area contributed by atoms with Crippen molar-refractivity contribution >= 4 is 47.3 Å². The SMILES string of the molecule is CSCC[C@H](NC(=O)CNC(C)=O)C(=O)NCC(=O)N[C@@H](Cc1cnc[nH]1)C(=O)NCC(=O)O. The Balaban J connectivity index is 2.68. The Morgan fingerprint density at radius 2 is 1.56 bits per heavy atom. The van der Waals surface area contributed by atoms with E-state index in [1.165, 1.54) is 31.2 Å². The van der Waals surface area contributed by atoms with Crippen LogP contribution in [0, 0.1) is 0 Å². The van der Waals surface area contributed by atoms with E-state index < -0.39 is 60.7 Å². The number of H-pyrrole nitrogens is 1. The fourth-order valence-electron chi connectivity index (χ4n) is 2.60. The molecule has 2 atom stereocenters. The first-order chi connectivity index (χ1) is 16.1. The first kappa shape index (κ1) is 28.4. The predicted octanol–water partition coefficient (Wildman–Crippen LogP) is -2.87. The number of thioether (sulfide) groups is 1. The van der Waals surface area contributed by atoms with Crippen LogP contribution >= 0.6 is 11.8 Å². The molecular weight excluding hydrogens is 470 g/mol. The van der Waals surface area contributed by atoms with Crippen molar-refractivity contribution in [2.75, 3.05) is 31.6 Å². The number of nitrogens with one attached hydrogen (secondary N) is 6. The number of carboxylic acid groups (broad SMARTS) is 1. The molecule has 0 unspecified atom stereocenters. The number of hydrogen-bond acceptors (Lipinski definition) is 8. The third-order valence-electron chi connectivity index (χ3n) is 4.23. The van der Waals surface area contributed by atoms with E-state index in [0.29, 0.717) is 17.9 Å². The molecule has 7 N–H and O–H groups in total. The molecule has 0 aliphatic heterocycles. The van der Waals surface area contributed by atoms with E-state index in [1.807, 2.05) is 6.26 Å². The van der Waals surface area contributed by atoms with E-state index in [1.54, 1.807) is 0 Å². The molecule has 0 bridgehead atoms. The molecule has 1 aromatic heterocycles. The fraction of sp³-hybridized carbons (Fsp3) is 0.526. The molecule has 15 heteroatoms. The lowest BCUT2D eigenvalue weighted by Crippen LogP contribution is -2.53. The van der Waals surface area contributed by atoms with Gasteiger partial charge in [0.25, 0.3) is 0 Å². The summed E-state index contributed by atoms with van der Waals surface area (Å²) in [5, 5.41) is 20.6. The van der Waals surface area contributed by atoms with Gasteiger partial charge in [0, 0.05) is 25.2 Å². The lowest BCUT2D eigenvalue weighted by Gasteiger charge is -2.20. The van der Waals surface area contributed by atoms with E-state index >= 15 is 0 Å². The molecule has 1 heterocycles. The fourth-order valence-corrected chi connectivity index (χ4v) is 3.07. The second-order valence-corrected chi connectivity index (χ2v) is 8.03. The van der Waals surface area contributed by atoms with Gasteiger partial charge in [-0.25, -0.2) is 4.98 Å². The van der Waals surface area contributed by atoms with Crippen molar-refractivity contribution in [3.63, 3.8) is 0 Å². The van der Waals surface area contributed by atoms with Crippen LogP contribution in [0.4, 0.5) is 0 Å². The molecule has 1 rings (SSSR count). The van der Waals surface area contributed by atoms with E-state index in [-0.39, 0.29) is 13.0 Å². The molecule has 34 heavy (non-hydrogen) atoms. The van der Waals surface area contributed by atoms with Crippen LogP contribution < -0.4 is 26.6 Å². The van der Waals surface area contributed by atoms with Gasteiger partial charge in [-0.2, -0.15) is 11.8 Å². The molecular formula is C19H29N7O7S. The molecule has 1 aromatic rings. The number of aliphatic carboxylic acids is 1. The van der Waals surface area contributed by atoms with Gasteiger partial charge in [0.1, 0.15) is 18.6 Å². The van der Waals surface area contributed by atoms with Gasteiger partial charge in [0.05, 0.1) is 19.4 Å². The normalized spacial score (nSPS) is 12.1. The van der Waals surface area contributed by atoms with E-state index in [4.69, 9.17) is 5.11 Å². The molecule has 0 saturated heterocycles. The quantitative estimate of drug-likeness (QED) is 0.132. The summed E-state index contributed by atoms with van der Waals surface area (Å²) in [6.45, 7) is -0.146. The Morgan fingerprint density at radius 3 is 2.12 bits per heavy atom. The van der Waals surface area contributed by atoms with Gasteiger partial charge in [-0.15, -0.1) is 0 Å². The number of carbonyl (C=O) groups is 6. The number of amides is 5. The molecule has 14 nitrogen and oxygen atoms in total. The molecule has 188 valence electrons. The number of nitrogens with zero attached hydrogens (tertiary/aromatic N) is 1. The second-order valence-electron chi connectivity index (χ2n) is 7.04. The van der Waals surface area contributed by atoms with E-state index in [9.17, 15) is 28.8 Å². The van der Waals surface area contributed by atoms with E-state index in [2.05, 4.69) is 36.6 Å². The number of imidazole rings is 1. The zero-order valence-corrected chi connectivity index (χ0v) is 19.6. The minimum Gasteiger partial charge on any atom is -0.480 e. The molecule has 0 fully saturated rings. The van der Waals surface area contributed by atoms with Crippen LogP contribution in [0.2, 0.25) is 0 Å². The van der Waals surface area contributed by atoms with Crippen LogP contribution in [-0.4, -0.2) is 94.3 Å². The predicted molar refractivity (Wildman–Crippen MR) is 121 cm³/mol. The number of carbonyl (C=O) groups excluding carboxylic acids is 5. The summed E-state index contributed by atoms with van der Waals surface area (Å²) in [5.41, 5.74) is 0.527. The Hall–Kier alpha value is -3.62. The highest BCUT2D eigenvalue weighted by atomic mass is 32.2.